The summed E-state index contributed by atoms with van der Waals surface area (Å²) in [5.74, 6) is -2.38. The summed E-state index contributed by atoms with van der Waals surface area (Å²) in [6.07, 6.45) is -4.52. The van der Waals surface area contributed by atoms with Crippen LogP contribution in [0.15, 0.2) is 0 Å². The van der Waals surface area contributed by atoms with E-state index in [1.165, 1.54) is 0 Å². The number of nitrogens with zero attached hydrogens (tertiary/aromatic N) is 1. The highest BCUT2D eigenvalue weighted by Gasteiger charge is 2.39. The third-order valence-corrected chi connectivity index (χ3v) is 4.40. The molecule has 1 heterocycles. The van der Waals surface area contributed by atoms with Crippen molar-refractivity contribution < 1.29 is 31.5 Å². The van der Waals surface area contributed by atoms with Crippen LogP contribution in [0, 0.1) is 5.92 Å². The zero-order valence-electron chi connectivity index (χ0n) is 9.48. The largest absolute Gasteiger partial charge is 0.406 e. The van der Waals surface area contributed by atoms with Gasteiger partial charge in [0.05, 0.1) is 24.0 Å². The zero-order chi connectivity index (χ0) is 14.0. The predicted molar refractivity (Wildman–Crippen MR) is 56.5 cm³/mol. The van der Waals surface area contributed by atoms with Crippen molar-refractivity contribution in [2.45, 2.75) is 12.6 Å². The molecule has 1 aliphatic rings. The molecule has 1 atom stereocenters. The van der Waals surface area contributed by atoms with Gasteiger partial charge in [-0.1, -0.05) is 0 Å². The number of carbonyl (C=O) groups is 1. The SMILES string of the molecule is O=C(C1CCS(=O)(=O)C1)N(CCO)CC(F)(F)F. The monoisotopic (exact) mass is 289 g/mol. The molecule has 0 aromatic carbocycles. The fraction of sp³-hybridized carbons (Fsp3) is 0.889. The van der Waals surface area contributed by atoms with Crippen molar-refractivity contribution in [3.8, 4) is 0 Å². The van der Waals surface area contributed by atoms with E-state index in [4.69, 9.17) is 5.11 Å². The molecule has 1 fully saturated rings. The molecule has 106 valence electrons. The van der Waals surface area contributed by atoms with Crippen LogP contribution in [0.25, 0.3) is 0 Å². The van der Waals surface area contributed by atoms with Crippen molar-refractivity contribution in [1.82, 2.24) is 4.90 Å². The number of halogens is 3. The van der Waals surface area contributed by atoms with Gasteiger partial charge in [0.2, 0.25) is 5.91 Å². The summed E-state index contributed by atoms with van der Waals surface area (Å²) in [6.45, 7) is -2.51. The van der Waals surface area contributed by atoms with Crippen molar-refractivity contribution in [2.75, 3.05) is 31.2 Å². The molecule has 5 nitrogen and oxygen atoms in total. The molecule has 1 saturated heterocycles. The second-order valence-electron chi connectivity index (χ2n) is 4.20. The summed E-state index contributed by atoms with van der Waals surface area (Å²) >= 11 is 0. The molecule has 1 amide bonds. The first kappa shape index (κ1) is 15.2. The zero-order valence-corrected chi connectivity index (χ0v) is 10.3. The average Bonchev–Trinajstić information content (AvgIpc) is 2.55. The van der Waals surface area contributed by atoms with E-state index < -0.39 is 53.3 Å². The van der Waals surface area contributed by atoms with E-state index in [1.807, 2.05) is 0 Å². The first-order valence-corrected chi connectivity index (χ1v) is 7.13. The third-order valence-electron chi connectivity index (χ3n) is 2.63. The highest BCUT2D eigenvalue weighted by molar-refractivity contribution is 7.91. The molecule has 1 rings (SSSR count). The Morgan fingerprint density at radius 2 is 2.00 bits per heavy atom. The van der Waals surface area contributed by atoms with Crippen LogP contribution in [0.3, 0.4) is 0 Å². The molecule has 9 heteroatoms. The molecule has 1 unspecified atom stereocenters. The number of sulfone groups is 1. The molecular formula is C9H14F3NO4S. The lowest BCUT2D eigenvalue weighted by Gasteiger charge is -2.25. The summed E-state index contributed by atoms with van der Waals surface area (Å²) < 4.78 is 59.0. The Morgan fingerprint density at radius 3 is 2.39 bits per heavy atom. The van der Waals surface area contributed by atoms with Gasteiger partial charge in [-0.05, 0) is 6.42 Å². The molecule has 1 aliphatic heterocycles. The summed E-state index contributed by atoms with van der Waals surface area (Å²) in [5, 5.41) is 8.65. The normalized spacial score (nSPS) is 23.0. The van der Waals surface area contributed by atoms with E-state index in [0.29, 0.717) is 4.90 Å². The van der Waals surface area contributed by atoms with Crippen LogP contribution < -0.4 is 0 Å². The van der Waals surface area contributed by atoms with E-state index in [9.17, 15) is 26.4 Å². The van der Waals surface area contributed by atoms with Gasteiger partial charge in [0, 0.05) is 6.54 Å². The molecule has 18 heavy (non-hydrogen) atoms. The van der Waals surface area contributed by atoms with Crippen LogP contribution in [0.5, 0.6) is 0 Å². The molecule has 0 aromatic heterocycles. The maximum absolute atomic E-state index is 12.2. The average molecular weight is 289 g/mol. The number of alkyl halides is 3. The molecule has 0 aromatic rings. The number of hydrogen-bond donors (Lipinski definition) is 1. The smallest absolute Gasteiger partial charge is 0.395 e. The van der Waals surface area contributed by atoms with Crippen molar-refractivity contribution >= 4 is 15.7 Å². The van der Waals surface area contributed by atoms with Crippen LogP contribution in [0.1, 0.15) is 6.42 Å². The molecule has 0 radical (unpaired) electrons. The predicted octanol–water partition coefficient (Wildman–Crippen LogP) is -0.196. The van der Waals surface area contributed by atoms with Crippen LogP contribution in [0.2, 0.25) is 0 Å². The van der Waals surface area contributed by atoms with Crippen molar-refractivity contribution in [1.29, 1.82) is 0 Å². The van der Waals surface area contributed by atoms with Gasteiger partial charge in [-0.25, -0.2) is 8.42 Å². The number of amides is 1. The highest BCUT2D eigenvalue weighted by atomic mass is 32.2. The molecular weight excluding hydrogens is 275 g/mol. The Balaban J connectivity index is 2.71. The summed E-state index contributed by atoms with van der Waals surface area (Å²) in [5.41, 5.74) is 0. The Morgan fingerprint density at radius 1 is 1.39 bits per heavy atom. The Bertz CT molecular complexity index is 407. The van der Waals surface area contributed by atoms with Gasteiger partial charge in [-0.15, -0.1) is 0 Å². The van der Waals surface area contributed by atoms with Crippen molar-refractivity contribution in [2.24, 2.45) is 5.92 Å². The van der Waals surface area contributed by atoms with Crippen molar-refractivity contribution in [3.05, 3.63) is 0 Å². The van der Waals surface area contributed by atoms with Gasteiger partial charge < -0.3 is 10.0 Å². The van der Waals surface area contributed by atoms with Gasteiger partial charge in [0.25, 0.3) is 0 Å². The lowest BCUT2D eigenvalue weighted by atomic mass is 10.1. The van der Waals surface area contributed by atoms with E-state index in [0.717, 1.165) is 0 Å². The summed E-state index contributed by atoms with van der Waals surface area (Å²) in [6, 6.07) is 0. The Labute approximate surface area is 102 Å². The Kier molecular flexibility index (Phi) is 4.60. The summed E-state index contributed by atoms with van der Waals surface area (Å²) in [7, 11) is -3.32. The first-order valence-electron chi connectivity index (χ1n) is 5.31. The molecule has 0 saturated carbocycles. The van der Waals surface area contributed by atoms with E-state index >= 15 is 0 Å². The number of aliphatic hydroxyl groups excluding tert-OH is 1. The van der Waals surface area contributed by atoms with Crippen molar-refractivity contribution in [3.63, 3.8) is 0 Å². The van der Waals surface area contributed by atoms with Gasteiger partial charge in [-0.3, -0.25) is 4.79 Å². The van der Waals surface area contributed by atoms with Crippen LogP contribution >= 0.6 is 0 Å². The van der Waals surface area contributed by atoms with Gasteiger partial charge in [0.1, 0.15) is 6.54 Å². The molecule has 0 aliphatic carbocycles. The van der Waals surface area contributed by atoms with E-state index in [-0.39, 0.29) is 12.2 Å². The minimum absolute atomic E-state index is 0.0426. The second-order valence-corrected chi connectivity index (χ2v) is 6.43. The number of hydrogen-bond acceptors (Lipinski definition) is 4. The fourth-order valence-electron chi connectivity index (χ4n) is 1.85. The van der Waals surface area contributed by atoms with Gasteiger partial charge >= 0.3 is 6.18 Å². The topological polar surface area (TPSA) is 74.7 Å². The minimum atomic E-state index is -4.57. The number of carbonyl (C=O) groups excluding carboxylic acids is 1. The summed E-state index contributed by atoms with van der Waals surface area (Å²) in [4.78, 5) is 12.2. The van der Waals surface area contributed by atoms with E-state index in [2.05, 4.69) is 0 Å². The minimum Gasteiger partial charge on any atom is -0.395 e. The maximum atomic E-state index is 12.2. The molecule has 0 spiro atoms. The maximum Gasteiger partial charge on any atom is 0.406 e. The first-order chi connectivity index (χ1) is 8.14. The standard InChI is InChI=1S/C9H14F3NO4S/c10-9(11,12)6-13(2-3-14)8(15)7-1-4-18(16,17)5-7/h7,14H,1-6H2. The van der Waals surface area contributed by atoms with E-state index in [1.54, 1.807) is 0 Å². The quantitative estimate of drug-likeness (QED) is 0.778. The second kappa shape index (κ2) is 5.43. The van der Waals surface area contributed by atoms with Gasteiger partial charge in [-0.2, -0.15) is 13.2 Å². The molecule has 0 bridgehead atoms. The number of rotatable bonds is 4. The number of aliphatic hydroxyl groups is 1. The van der Waals surface area contributed by atoms with Crippen LogP contribution in [-0.4, -0.2) is 61.7 Å². The van der Waals surface area contributed by atoms with Crippen LogP contribution in [-0.2, 0) is 14.6 Å². The lowest BCUT2D eigenvalue weighted by Crippen LogP contribution is -2.44. The third kappa shape index (κ3) is 4.45. The van der Waals surface area contributed by atoms with Crippen LogP contribution in [0.4, 0.5) is 13.2 Å². The Hall–Kier alpha value is -0.830. The van der Waals surface area contributed by atoms with Gasteiger partial charge in [0.15, 0.2) is 9.84 Å². The fourth-order valence-corrected chi connectivity index (χ4v) is 3.58. The highest BCUT2D eigenvalue weighted by Crippen LogP contribution is 2.23. The molecule has 1 N–H and O–H groups in total. The lowest BCUT2D eigenvalue weighted by molar-refractivity contribution is -0.164.